The Morgan fingerprint density at radius 2 is 1.95 bits per heavy atom. The summed E-state index contributed by atoms with van der Waals surface area (Å²) in [6.07, 6.45) is 1.64. The van der Waals surface area contributed by atoms with Crippen LogP contribution >= 0.6 is 11.6 Å². The number of aromatic nitrogens is 4. The number of rotatable bonds is 5. The van der Waals surface area contributed by atoms with Gasteiger partial charge in [-0.2, -0.15) is 9.97 Å². The lowest BCUT2D eigenvalue weighted by molar-refractivity contribution is -0.159. The van der Waals surface area contributed by atoms with Gasteiger partial charge in [0.25, 0.3) is 0 Å². The maximum Gasteiger partial charge on any atom is 0.320 e. The number of halogens is 1. The first-order valence-corrected chi connectivity index (χ1v) is 6.65. The molecule has 0 saturated carbocycles. The van der Waals surface area contributed by atoms with Gasteiger partial charge in [0.1, 0.15) is 5.52 Å². The molecule has 0 aliphatic carbocycles. The fourth-order valence-electron chi connectivity index (χ4n) is 1.99. The van der Waals surface area contributed by atoms with Gasteiger partial charge in [-0.3, -0.25) is 9.59 Å². The predicted molar refractivity (Wildman–Crippen MR) is 76.9 cm³/mol. The van der Waals surface area contributed by atoms with Crippen molar-refractivity contribution < 1.29 is 19.1 Å². The van der Waals surface area contributed by atoms with Crippen molar-refractivity contribution in [2.24, 2.45) is 5.92 Å². The first-order valence-electron chi connectivity index (χ1n) is 6.27. The van der Waals surface area contributed by atoms with E-state index in [2.05, 4.69) is 24.4 Å². The monoisotopic (exact) mass is 327 g/mol. The summed E-state index contributed by atoms with van der Waals surface area (Å²) in [5.74, 6) is -2.19. The van der Waals surface area contributed by atoms with Crippen molar-refractivity contribution in [1.29, 1.82) is 0 Å². The number of nitrogens with zero attached hydrogens (tertiary/aromatic N) is 4. The molecule has 0 spiro atoms. The number of aryl methyl sites for hydroxylation is 1. The summed E-state index contributed by atoms with van der Waals surface area (Å²) >= 11 is 5.77. The van der Waals surface area contributed by atoms with Crippen LogP contribution in [0.25, 0.3) is 11.2 Å². The minimum absolute atomic E-state index is 0.00997. The Morgan fingerprint density at radius 1 is 1.32 bits per heavy atom. The van der Waals surface area contributed by atoms with Gasteiger partial charge < -0.3 is 19.8 Å². The Kier molecular flexibility index (Phi) is 4.76. The largest absolute Gasteiger partial charge is 0.468 e. The third-order valence-electron chi connectivity index (χ3n) is 3.09. The van der Waals surface area contributed by atoms with E-state index < -0.39 is 17.9 Å². The zero-order valence-corrected chi connectivity index (χ0v) is 12.7. The van der Waals surface area contributed by atoms with Crippen molar-refractivity contribution >= 4 is 40.5 Å². The van der Waals surface area contributed by atoms with Crippen LogP contribution in [-0.4, -0.2) is 45.7 Å². The van der Waals surface area contributed by atoms with Crippen molar-refractivity contribution in [2.75, 3.05) is 20.0 Å². The third kappa shape index (κ3) is 3.08. The minimum Gasteiger partial charge on any atom is -0.468 e. The maximum absolute atomic E-state index is 11.6. The Hall–Kier alpha value is -2.42. The zero-order chi connectivity index (χ0) is 16.3. The summed E-state index contributed by atoms with van der Waals surface area (Å²) in [6.45, 7) is 0.276. The number of anilines is 1. The summed E-state index contributed by atoms with van der Waals surface area (Å²) in [6, 6.07) is 0. The summed E-state index contributed by atoms with van der Waals surface area (Å²) in [5, 5.41) is -0.00997. The molecule has 10 heteroatoms. The highest BCUT2D eigenvalue weighted by molar-refractivity contribution is 6.28. The summed E-state index contributed by atoms with van der Waals surface area (Å²) in [7, 11) is 2.41. The van der Waals surface area contributed by atoms with Gasteiger partial charge in [-0.05, 0) is 18.0 Å². The average molecular weight is 328 g/mol. The number of nitrogens with two attached hydrogens (primary N) is 1. The smallest absolute Gasteiger partial charge is 0.320 e. The van der Waals surface area contributed by atoms with Gasteiger partial charge in [0.2, 0.25) is 5.28 Å². The van der Waals surface area contributed by atoms with Crippen molar-refractivity contribution in [3.8, 4) is 0 Å². The van der Waals surface area contributed by atoms with Crippen LogP contribution in [0.4, 0.5) is 5.82 Å². The number of carbonyl (C=O) groups excluding carboxylic acids is 2. The van der Waals surface area contributed by atoms with Gasteiger partial charge in [-0.15, -0.1) is 0 Å². The van der Waals surface area contributed by atoms with Crippen LogP contribution in [0.5, 0.6) is 0 Å². The van der Waals surface area contributed by atoms with Gasteiger partial charge in [0, 0.05) is 6.54 Å². The highest BCUT2D eigenvalue weighted by atomic mass is 35.5. The van der Waals surface area contributed by atoms with Gasteiger partial charge in [-0.1, -0.05) is 0 Å². The second kappa shape index (κ2) is 6.56. The highest BCUT2D eigenvalue weighted by Crippen LogP contribution is 2.19. The normalized spacial score (nSPS) is 10.9. The Labute approximate surface area is 130 Å². The highest BCUT2D eigenvalue weighted by Gasteiger charge is 2.28. The molecule has 0 aromatic carbocycles. The van der Waals surface area contributed by atoms with Crippen LogP contribution < -0.4 is 5.73 Å². The molecule has 0 atom stereocenters. The van der Waals surface area contributed by atoms with E-state index in [-0.39, 0.29) is 24.1 Å². The van der Waals surface area contributed by atoms with Gasteiger partial charge in [0.05, 0.1) is 20.5 Å². The van der Waals surface area contributed by atoms with E-state index in [4.69, 9.17) is 17.3 Å². The average Bonchev–Trinajstić information content (AvgIpc) is 2.90. The van der Waals surface area contributed by atoms with E-state index in [1.54, 1.807) is 4.57 Å². The molecule has 22 heavy (non-hydrogen) atoms. The molecule has 0 radical (unpaired) electrons. The maximum atomic E-state index is 11.6. The fourth-order valence-corrected chi connectivity index (χ4v) is 2.16. The molecule has 2 aromatic rings. The molecular formula is C12H14ClN5O4. The number of hydrogen-bond donors (Lipinski definition) is 1. The van der Waals surface area contributed by atoms with Crippen LogP contribution in [0.3, 0.4) is 0 Å². The molecule has 0 aliphatic rings. The molecule has 118 valence electrons. The van der Waals surface area contributed by atoms with E-state index in [1.165, 1.54) is 20.5 Å². The Bertz CT molecular complexity index is 701. The third-order valence-corrected chi connectivity index (χ3v) is 3.26. The molecule has 0 bridgehead atoms. The number of nitrogen functional groups attached to an aromatic ring is 1. The van der Waals surface area contributed by atoms with Gasteiger partial charge in [-0.25, -0.2) is 4.98 Å². The van der Waals surface area contributed by atoms with Crippen LogP contribution in [0.2, 0.25) is 5.28 Å². The first kappa shape index (κ1) is 16.0. The van der Waals surface area contributed by atoms with Crippen molar-refractivity contribution in [3.63, 3.8) is 0 Å². The number of carbonyl (C=O) groups is 2. The molecule has 0 unspecified atom stereocenters. The fraction of sp³-hybridized carbons (Fsp3) is 0.417. The number of imidazole rings is 1. The van der Waals surface area contributed by atoms with E-state index >= 15 is 0 Å². The van der Waals surface area contributed by atoms with Crippen LogP contribution in [0, 0.1) is 5.92 Å². The number of esters is 2. The summed E-state index contributed by atoms with van der Waals surface area (Å²) in [4.78, 5) is 35.2. The zero-order valence-electron chi connectivity index (χ0n) is 11.9. The number of hydrogen-bond acceptors (Lipinski definition) is 8. The number of methoxy groups -OCH3 is 2. The van der Waals surface area contributed by atoms with Crippen molar-refractivity contribution in [2.45, 2.75) is 13.0 Å². The minimum atomic E-state index is -1.03. The van der Waals surface area contributed by atoms with Crippen LogP contribution in [0.1, 0.15) is 6.42 Å². The Balaban J connectivity index is 2.23. The molecule has 0 saturated heterocycles. The second-order valence-corrected chi connectivity index (χ2v) is 4.71. The predicted octanol–water partition coefficient (Wildman–Crippen LogP) is 0.414. The summed E-state index contributed by atoms with van der Waals surface area (Å²) in [5.41, 5.74) is 6.53. The molecule has 2 heterocycles. The Morgan fingerprint density at radius 3 is 2.55 bits per heavy atom. The second-order valence-electron chi connectivity index (χ2n) is 4.38. The van der Waals surface area contributed by atoms with Gasteiger partial charge in [0.15, 0.2) is 17.4 Å². The van der Waals surface area contributed by atoms with Crippen LogP contribution in [-0.2, 0) is 25.6 Å². The standard InChI is InChI=1S/C12H14ClN5O4/c1-21-10(19)6(11(20)22-2)3-4-18-5-15-7-8(14)16-12(13)17-9(7)18/h5-6H,3-4H2,1-2H3,(H2,14,16,17). The van der Waals surface area contributed by atoms with Crippen molar-refractivity contribution in [3.05, 3.63) is 11.6 Å². The van der Waals surface area contributed by atoms with Gasteiger partial charge >= 0.3 is 11.9 Å². The lowest BCUT2D eigenvalue weighted by Crippen LogP contribution is -2.27. The van der Waals surface area contributed by atoms with Crippen LogP contribution in [0.15, 0.2) is 6.33 Å². The quantitative estimate of drug-likeness (QED) is 0.476. The molecule has 2 rings (SSSR count). The molecule has 2 aromatic heterocycles. The van der Waals surface area contributed by atoms with E-state index in [9.17, 15) is 9.59 Å². The molecule has 0 amide bonds. The molecular weight excluding hydrogens is 314 g/mol. The first-order chi connectivity index (χ1) is 10.5. The lowest BCUT2D eigenvalue weighted by atomic mass is 10.1. The molecule has 9 nitrogen and oxygen atoms in total. The molecule has 0 aliphatic heterocycles. The number of ether oxygens (including phenoxy) is 2. The summed E-state index contributed by atoms with van der Waals surface area (Å²) < 4.78 is 10.8. The SMILES string of the molecule is COC(=O)C(CCn1cnc2c(N)nc(Cl)nc21)C(=O)OC. The molecule has 0 fully saturated rings. The van der Waals surface area contributed by atoms with E-state index in [1.807, 2.05) is 0 Å². The number of fused-ring (bicyclic) bond motifs is 1. The lowest BCUT2D eigenvalue weighted by Gasteiger charge is -2.12. The van der Waals surface area contributed by atoms with E-state index in [0.29, 0.717) is 11.2 Å². The van der Waals surface area contributed by atoms with E-state index in [0.717, 1.165) is 0 Å². The topological polar surface area (TPSA) is 122 Å². The molecule has 2 N–H and O–H groups in total. The van der Waals surface area contributed by atoms with Crippen molar-refractivity contribution in [1.82, 2.24) is 19.5 Å².